The van der Waals surface area contributed by atoms with E-state index in [1.807, 2.05) is 6.92 Å². The van der Waals surface area contributed by atoms with Crippen LogP contribution in [0.15, 0.2) is 0 Å². The van der Waals surface area contributed by atoms with Gasteiger partial charge in [0.2, 0.25) is 0 Å². The minimum Gasteiger partial charge on any atom is -0.632 e. The van der Waals surface area contributed by atoms with E-state index in [2.05, 4.69) is 6.92 Å². The van der Waals surface area contributed by atoms with Crippen molar-refractivity contribution >= 4 is 0 Å². The summed E-state index contributed by atoms with van der Waals surface area (Å²) in [6.45, 7) is 7.87. The molecule has 0 aromatic carbocycles. The van der Waals surface area contributed by atoms with Gasteiger partial charge in [-0.05, 0) is 33.6 Å². The largest absolute Gasteiger partial charge is 0.632 e. The summed E-state index contributed by atoms with van der Waals surface area (Å²) in [6.07, 6.45) is 14.0. The molecule has 0 rings (SSSR count). The van der Waals surface area contributed by atoms with Gasteiger partial charge in [-0.1, -0.05) is 71.1 Å². The second-order valence-electron chi connectivity index (χ2n) is 8.19. The van der Waals surface area contributed by atoms with Gasteiger partial charge >= 0.3 is 0 Å². The number of hydrogen-bond donors (Lipinski definition) is 2. The van der Waals surface area contributed by atoms with E-state index in [1.165, 1.54) is 64.2 Å². The number of hydrogen-bond acceptors (Lipinski definition) is 3. The first-order valence-corrected chi connectivity index (χ1v) is 10.8. The molecule has 2 N–H and O–H groups in total. The topological polar surface area (TPSA) is 63.5 Å². The molecule has 0 aliphatic carbocycles. The van der Waals surface area contributed by atoms with Crippen molar-refractivity contribution in [2.45, 2.75) is 123 Å². The van der Waals surface area contributed by atoms with Crippen LogP contribution in [0.5, 0.6) is 0 Å². The van der Waals surface area contributed by atoms with Crippen molar-refractivity contribution in [1.29, 1.82) is 0 Å². The van der Waals surface area contributed by atoms with Crippen LogP contribution in [0.25, 0.3) is 0 Å². The molecule has 4 nitrogen and oxygen atoms in total. The molecule has 0 aromatic heterocycles. The van der Waals surface area contributed by atoms with Gasteiger partial charge in [0.25, 0.3) is 0 Å². The van der Waals surface area contributed by atoms with Gasteiger partial charge in [-0.3, -0.25) is 0 Å². The summed E-state index contributed by atoms with van der Waals surface area (Å²) >= 11 is 0. The van der Waals surface area contributed by atoms with Crippen molar-refractivity contribution in [2.75, 3.05) is 13.1 Å². The summed E-state index contributed by atoms with van der Waals surface area (Å²) in [7, 11) is 0. The lowest BCUT2D eigenvalue weighted by molar-refractivity contribution is -0.909. The van der Waals surface area contributed by atoms with Gasteiger partial charge in [0.15, 0.2) is 0 Å². The fourth-order valence-corrected chi connectivity index (χ4v) is 3.67. The maximum absolute atomic E-state index is 13.0. The predicted molar refractivity (Wildman–Crippen MR) is 107 cm³/mol. The summed E-state index contributed by atoms with van der Waals surface area (Å²) in [4.78, 5) is 0. The quantitative estimate of drug-likeness (QED) is 0.214. The van der Waals surface area contributed by atoms with Crippen molar-refractivity contribution < 1.29 is 14.9 Å². The van der Waals surface area contributed by atoms with Crippen molar-refractivity contribution in [3.8, 4) is 0 Å². The van der Waals surface area contributed by atoms with E-state index < -0.39 is 16.9 Å². The van der Waals surface area contributed by atoms with Gasteiger partial charge in [0.05, 0.1) is 6.04 Å². The molecule has 25 heavy (non-hydrogen) atoms. The average molecular weight is 360 g/mol. The van der Waals surface area contributed by atoms with Crippen LogP contribution in [0.4, 0.5) is 0 Å². The van der Waals surface area contributed by atoms with Crippen LogP contribution >= 0.6 is 0 Å². The first kappa shape index (κ1) is 24.8. The predicted octanol–water partition coefficient (Wildman–Crippen LogP) is 5.15. The summed E-state index contributed by atoms with van der Waals surface area (Å²) < 4.78 is -0.479. The first-order valence-electron chi connectivity index (χ1n) is 10.8. The number of rotatable bonds is 17. The number of nitrogens with zero attached hydrogens (tertiary/aromatic N) is 1. The number of unbranched alkanes of at least 4 members (excludes halogenated alkanes) is 10. The van der Waals surface area contributed by atoms with Crippen LogP contribution in [0.1, 0.15) is 105 Å². The van der Waals surface area contributed by atoms with E-state index in [4.69, 9.17) is 0 Å². The fourth-order valence-electron chi connectivity index (χ4n) is 3.67. The van der Waals surface area contributed by atoms with Crippen LogP contribution in [0.2, 0.25) is 0 Å². The Balaban J connectivity index is 3.80. The van der Waals surface area contributed by atoms with Crippen molar-refractivity contribution in [1.82, 2.24) is 0 Å². The highest BCUT2D eigenvalue weighted by molar-refractivity contribution is 4.62. The smallest absolute Gasteiger partial charge is 0.105 e. The van der Waals surface area contributed by atoms with Crippen LogP contribution in [-0.2, 0) is 0 Å². The van der Waals surface area contributed by atoms with Gasteiger partial charge in [-0.25, -0.2) is 0 Å². The summed E-state index contributed by atoms with van der Waals surface area (Å²) in [5.74, 6) is 0. The lowest BCUT2D eigenvalue weighted by Crippen LogP contribution is -2.55. The Labute approximate surface area is 156 Å². The third-order valence-electron chi connectivity index (χ3n) is 5.18. The molecular formula is C21H45NO3. The Morgan fingerprint density at radius 1 is 0.680 bits per heavy atom. The number of aliphatic hydroxyl groups excluding tert-OH is 2. The zero-order valence-electron chi connectivity index (χ0n) is 17.4. The van der Waals surface area contributed by atoms with Crippen molar-refractivity contribution in [2.24, 2.45) is 0 Å². The SMILES string of the molecule is CCCCCCCCCCCCCC(C)[N+]([O-])(CC(C)O)CC(C)O. The molecule has 0 radical (unpaired) electrons. The molecule has 0 saturated carbocycles. The summed E-state index contributed by atoms with van der Waals surface area (Å²) in [6, 6.07) is -0.0669. The molecular weight excluding hydrogens is 314 g/mol. The molecule has 0 aliphatic heterocycles. The van der Waals surface area contributed by atoms with Gasteiger partial charge in [0.1, 0.15) is 25.3 Å². The zero-order valence-corrected chi connectivity index (χ0v) is 17.4. The molecule has 0 fully saturated rings. The highest BCUT2D eigenvalue weighted by Gasteiger charge is 2.27. The van der Waals surface area contributed by atoms with Gasteiger partial charge in [-0.2, -0.15) is 0 Å². The normalized spacial score (nSPS) is 17.9. The van der Waals surface area contributed by atoms with E-state index in [-0.39, 0.29) is 19.1 Å². The molecule has 152 valence electrons. The second-order valence-corrected chi connectivity index (χ2v) is 8.19. The van der Waals surface area contributed by atoms with Gasteiger partial charge in [0, 0.05) is 0 Å². The minimum absolute atomic E-state index is 0.0669. The van der Waals surface area contributed by atoms with Crippen LogP contribution in [0.3, 0.4) is 0 Å². The molecule has 3 unspecified atom stereocenters. The average Bonchev–Trinajstić information content (AvgIpc) is 2.50. The number of quaternary nitrogens is 1. The summed E-state index contributed by atoms with van der Waals surface area (Å²) in [5.41, 5.74) is 0. The zero-order chi connectivity index (χ0) is 19.1. The van der Waals surface area contributed by atoms with E-state index in [9.17, 15) is 15.4 Å². The molecule has 0 heterocycles. The molecule has 0 amide bonds. The lowest BCUT2D eigenvalue weighted by atomic mass is 10.0. The Morgan fingerprint density at radius 2 is 1.04 bits per heavy atom. The molecule has 0 spiro atoms. The van der Waals surface area contributed by atoms with E-state index >= 15 is 0 Å². The van der Waals surface area contributed by atoms with E-state index in [1.54, 1.807) is 13.8 Å². The fraction of sp³-hybridized carbons (Fsp3) is 1.00. The van der Waals surface area contributed by atoms with Crippen molar-refractivity contribution in [3.05, 3.63) is 5.21 Å². The Morgan fingerprint density at radius 3 is 1.40 bits per heavy atom. The molecule has 0 aromatic rings. The number of hydroxylamine groups is 3. The highest BCUT2D eigenvalue weighted by atomic mass is 16.6. The van der Waals surface area contributed by atoms with Gasteiger partial charge < -0.3 is 20.1 Å². The Bertz CT molecular complexity index is 285. The van der Waals surface area contributed by atoms with Gasteiger partial charge in [-0.15, -0.1) is 0 Å². The highest BCUT2D eigenvalue weighted by Crippen LogP contribution is 2.20. The Hall–Kier alpha value is -0.160. The summed E-state index contributed by atoms with van der Waals surface area (Å²) in [5, 5.41) is 32.2. The Kier molecular flexibility index (Phi) is 14.9. The third kappa shape index (κ3) is 13.7. The number of aliphatic hydroxyl groups is 2. The van der Waals surface area contributed by atoms with Crippen LogP contribution in [-0.4, -0.2) is 46.2 Å². The molecule has 0 bridgehead atoms. The van der Waals surface area contributed by atoms with E-state index in [0.29, 0.717) is 0 Å². The third-order valence-corrected chi connectivity index (χ3v) is 5.18. The first-order chi connectivity index (χ1) is 11.8. The molecule has 4 heteroatoms. The molecule has 0 aliphatic rings. The van der Waals surface area contributed by atoms with Crippen LogP contribution < -0.4 is 0 Å². The second kappa shape index (κ2) is 15.0. The van der Waals surface area contributed by atoms with Crippen LogP contribution in [0, 0.1) is 5.21 Å². The maximum atomic E-state index is 13.0. The standard InChI is InChI=1S/C21H45NO3/c1-5-6-7-8-9-10-11-12-13-14-15-16-19(2)22(25,17-20(3)23)18-21(4)24/h19-21,23-24H,5-18H2,1-4H3. The maximum Gasteiger partial charge on any atom is 0.105 e. The minimum atomic E-state index is -0.629. The van der Waals surface area contributed by atoms with E-state index in [0.717, 1.165) is 12.8 Å². The van der Waals surface area contributed by atoms with Crippen molar-refractivity contribution in [3.63, 3.8) is 0 Å². The molecule has 0 saturated heterocycles. The monoisotopic (exact) mass is 359 g/mol. The molecule has 3 atom stereocenters. The lowest BCUT2D eigenvalue weighted by Gasteiger charge is -2.49.